The molecule has 6 heteroatoms. The molecule has 1 atom stereocenters. The summed E-state index contributed by atoms with van der Waals surface area (Å²) >= 11 is 3.21. The summed E-state index contributed by atoms with van der Waals surface area (Å²) in [4.78, 5) is 4.81. The van der Waals surface area contributed by atoms with Crippen molar-refractivity contribution < 1.29 is 4.84 Å². The zero-order valence-electron chi connectivity index (χ0n) is 4.98. The molecule has 54 valence electrons. The smallest absolute Gasteiger partial charge is 0.168 e. The number of hydrazone groups is 1. The van der Waals surface area contributed by atoms with Gasteiger partial charge in [0.15, 0.2) is 11.0 Å². The molecule has 1 N–H and O–H groups in total. The molecule has 2 rings (SSSR count). The van der Waals surface area contributed by atoms with E-state index in [1.54, 1.807) is 29.1 Å². The van der Waals surface area contributed by atoms with Crippen LogP contribution in [0.2, 0.25) is 0 Å². The molecular weight excluding hydrogens is 170 g/mol. The maximum Gasteiger partial charge on any atom is 0.168 e. The van der Waals surface area contributed by atoms with Crippen LogP contribution < -0.4 is 5.43 Å². The second kappa shape index (κ2) is 2.71. The number of oxime groups is 1. The lowest BCUT2D eigenvalue weighted by molar-refractivity contribution is 0.204. The minimum atomic E-state index is 0.187. The van der Waals surface area contributed by atoms with Gasteiger partial charge in [-0.15, -0.1) is 0 Å². The summed E-state index contributed by atoms with van der Waals surface area (Å²) in [5, 5.41) is 8.84. The fourth-order valence-electron chi connectivity index (χ4n) is 0.660. The molecule has 10 heavy (non-hydrogen) atoms. The Hall–Kier alpha value is -0.360. The summed E-state index contributed by atoms with van der Waals surface area (Å²) in [6.45, 7) is 0. The van der Waals surface area contributed by atoms with Crippen LogP contribution in [0.1, 0.15) is 0 Å². The molecule has 0 amide bonds. The lowest BCUT2D eigenvalue weighted by Gasteiger charge is -2.03. The van der Waals surface area contributed by atoms with Gasteiger partial charge in [0.2, 0.25) is 0 Å². The van der Waals surface area contributed by atoms with E-state index in [0.717, 1.165) is 5.04 Å². The van der Waals surface area contributed by atoms with Gasteiger partial charge < -0.3 is 4.84 Å². The first-order valence-electron chi connectivity index (χ1n) is 2.72. The first-order valence-corrected chi connectivity index (χ1v) is 4.65. The average molecular weight is 175 g/mol. The second-order valence-corrected chi connectivity index (χ2v) is 3.60. The maximum atomic E-state index is 4.81. The van der Waals surface area contributed by atoms with Gasteiger partial charge in [-0.05, 0) is 0 Å². The van der Waals surface area contributed by atoms with E-state index in [2.05, 4.69) is 15.7 Å². The van der Waals surface area contributed by atoms with Crippen LogP contribution in [-0.4, -0.2) is 21.9 Å². The Labute approximate surface area is 66.4 Å². The Bertz CT molecular complexity index is 185. The van der Waals surface area contributed by atoms with E-state index in [9.17, 15) is 0 Å². The molecule has 0 bridgehead atoms. The van der Waals surface area contributed by atoms with Crippen molar-refractivity contribution in [2.45, 2.75) is 5.37 Å². The molecule has 0 aromatic rings. The van der Waals surface area contributed by atoms with Crippen molar-refractivity contribution in [3.05, 3.63) is 0 Å². The highest BCUT2D eigenvalue weighted by molar-refractivity contribution is 8.19. The summed E-state index contributed by atoms with van der Waals surface area (Å²) in [7, 11) is 0. The number of nitrogens with one attached hydrogen (secondary N) is 1. The van der Waals surface area contributed by atoms with Gasteiger partial charge in [0.05, 0.1) is 5.55 Å². The molecule has 2 aliphatic heterocycles. The molecule has 0 saturated heterocycles. The van der Waals surface area contributed by atoms with Crippen LogP contribution in [0.15, 0.2) is 10.3 Å². The molecular formula is C4H5N3OS2. The molecule has 0 aromatic heterocycles. The Balaban J connectivity index is 1.99. The minimum absolute atomic E-state index is 0.187. The topological polar surface area (TPSA) is 46.0 Å². The third kappa shape index (κ3) is 1.08. The molecule has 4 nitrogen and oxygen atoms in total. The number of rotatable bonds is 1. The van der Waals surface area contributed by atoms with Gasteiger partial charge in [-0.3, -0.25) is 5.43 Å². The van der Waals surface area contributed by atoms with E-state index in [0.29, 0.717) is 5.94 Å². The van der Waals surface area contributed by atoms with Crippen molar-refractivity contribution in [1.29, 1.82) is 0 Å². The number of hydrogen-bond acceptors (Lipinski definition) is 6. The summed E-state index contributed by atoms with van der Waals surface area (Å²) < 4.78 is 0. The molecule has 0 spiro atoms. The van der Waals surface area contributed by atoms with Gasteiger partial charge in [0.25, 0.3) is 0 Å². The molecule has 2 heterocycles. The van der Waals surface area contributed by atoms with Crippen molar-refractivity contribution in [3.8, 4) is 0 Å². The fraction of sp³-hybridized carbons (Fsp3) is 0.500. The lowest BCUT2D eigenvalue weighted by atomic mass is 10.7. The SMILES string of the molecule is C1=NNC(C2=NOCS2)S1. The first kappa shape index (κ1) is 6.36. The van der Waals surface area contributed by atoms with Crippen molar-refractivity contribution in [1.82, 2.24) is 5.43 Å². The lowest BCUT2D eigenvalue weighted by Crippen LogP contribution is -2.23. The van der Waals surface area contributed by atoms with E-state index in [1.165, 1.54) is 0 Å². The summed E-state index contributed by atoms with van der Waals surface area (Å²) in [5.41, 5.74) is 4.67. The largest absolute Gasteiger partial charge is 0.384 e. The standard InChI is InChI=1S/C4H5N3OS2/c1-5-6-3(9-1)4-7-8-2-10-4/h1,3,6H,2H2. The summed E-state index contributed by atoms with van der Waals surface area (Å²) in [6.07, 6.45) is 0. The molecule has 2 aliphatic rings. The predicted molar refractivity (Wildman–Crippen MR) is 44.0 cm³/mol. The minimum Gasteiger partial charge on any atom is -0.384 e. The number of thioether (sulfide) groups is 2. The summed E-state index contributed by atoms with van der Waals surface area (Å²) in [6, 6.07) is 0. The predicted octanol–water partition coefficient (Wildman–Crippen LogP) is 0.627. The van der Waals surface area contributed by atoms with Gasteiger partial charge in [-0.1, -0.05) is 28.7 Å². The highest BCUT2D eigenvalue weighted by Crippen LogP contribution is 2.23. The Morgan fingerprint density at radius 2 is 2.80 bits per heavy atom. The van der Waals surface area contributed by atoms with Gasteiger partial charge in [-0.25, -0.2) is 0 Å². The Kier molecular flexibility index (Phi) is 1.72. The molecule has 1 unspecified atom stereocenters. The van der Waals surface area contributed by atoms with Gasteiger partial charge in [-0.2, -0.15) is 5.10 Å². The Morgan fingerprint density at radius 3 is 3.40 bits per heavy atom. The van der Waals surface area contributed by atoms with Crippen LogP contribution in [0.5, 0.6) is 0 Å². The summed E-state index contributed by atoms with van der Waals surface area (Å²) in [5.74, 6) is 0.633. The van der Waals surface area contributed by atoms with Crippen molar-refractivity contribution >= 4 is 34.1 Å². The van der Waals surface area contributed by atoms with Crippen LogP contribution >= 0.6 is 23.5 Å². The molecule has 0 aliphatic carbocycles. The second-order valence-electron chi connectivity index (χ2n) is 1.70. The maximum absolute atomic E-state index is 4.81. The molecule has 0 radical (unpaired) electrons. The van der Waals surface area contributed by atoms with Crippen LogP contribution in [0.3, 0.4) is 0 Å². The monoisotopic (exact) mass is 175 g/mol. The van der Waals surface area contributed by atoms with Crippen LogP contribution in [0.25, 0.3) is 0 Å². The molecule has 0 fully saturated rings. The third-order valence-electron chi connectivity index (χ3n) is 1.08. The van der Waals surface area contributed by atoms with E-state index in [-0.39, 0.29) is 5.37 Å². The van der Waals surface area contributed by atoms with Crippen LogP contribution in [0, 0.1) is 0 Å². The van der Waals surface area contributed by atoms with E-state index >= 15 is 0 Å². The third-order valence-corrected chi connectivity index (χ3v) is 2.89. The fourth-order valence-corrected chi connectivity index (χ4v) is 2.09. The van der Waals surface area contributed by atoms with Crippen molar-refractivity contribution in [2.24, 2.45) is 10.3 Å². The zero-order valence-corrected chi connectivity index (χ0v) is 6.61. The van der Waals surface area contributed by atoms with E-state index < -0.39 is 0 Å². The van der Waals surface area contributed by atoms with Gasteiger partial charge in [0, 0.05) is 0 Å². The van der Waals surface area contributed by atoms with Gasteiger partial charge in [0.1, 0.15) is 5.37 Å². The number of hydrogen-bond donors (Lipinski definition) is 1. The van der Waals surface area contributed by atoms with Crippen molar-refractivity contribution in [3.63, 3.8) is 0 Å². The normalized spacial score (nSPS) is 29.6. The molecule has 0 saturated carbocycles. The van der Waals surface area contributed by atoms with Crippen LogP contribution in [-0.2, 0) is 4.84 Å². The zero-order chi connectivity index (χ0) is 6.81. The van der Waals surface area contributed by atoms with Crippen molar-refractivity contribution in [2.75, 3.05) is 5.94 Å². The van der Waals surface area contributed by atoms with E-state index in [4.69, 9.17) is 4.84 Å². The first-order chi connectivity index (χ1) is 4.97. The molecule has 0 aromatic carbocycles. The Morgan fingerprint density at radius 1 is 1.80 bits per heavy atom. The number of nitrogens with zero attached hydrogens (tertiary/aromatic N) is 2. The average Bonchev–Trinajstić information content (AvgIpc) is 2.59. The van der Waals surface area contributed by atoms with E-state index in [1.807, 2.05) is 0 Å². The highest BCUT2D eigenvalue weighted by Gasteiger charge is 2.22. The quantitative estimate of drug-likeness (QED) is 0.635. The highest BCUT2D eigenvalue weighted by atomic mass is 32.2. The van der Waals surface area contributed by atoms with Gasteiger partial charge >= 0.3 is 0 Å². The van der Waals surface area contributed by atoms with Crippen LogP contribution in [0.4, 0.5) is 0 Å².